The number of aliphatic carboxylic acids is 3. The largest absolute Gasteiger partial charge is 0.481 e. The van der Waals surface area contributed by atoms with Gasteiger partial charge in [0.25, 0.3) is 0 Å². The Balaban J connectivity index is 1.42. The number of hydrogen-bond donors (Lipinski definition) is 7. The van der Waals surface area contributed by atoms with Crippen LogP contribution in [0.2, 0.25) is 0 Å². The first-order chi connectivity index (χ1) is 22.0. The summed E-state index contributed by atoms with van der Waals surface area (Å²) in [6.07, 6.45) is 2.62. The minimum absolute atomic E-state index is 0.0477. The third-order valence-electron chi connectivity index (χ3n) is 6.45. The Morgan fingerprint density at radius 1 is 0.978 bits per heavy atom. The highest BCUT2D eigenvalue weighted by molar-refractivity contribution is 7.14. The molecule has 3 amide bonds. The van der Waals surface area contributed by atoms with Crippen LogP contribution in [0.15, 0.2) is 35.8 Å². The van der Waals surface area contributed by atoms with Crippen LogP contribution in [-0.4, -0.2) is 90.4 Å². The first-order valence-corrected chi connectivity index (χ1v) is 15.2. The van der Waals surface area contributed by atoms with Crippen LogP contribution in [0.4, 0.5) is 20.0 Å². The summed E-state index contributed by atoms with van der Waals surface area (Å²) in [5, 5.41) is 47.9. The number of urea groups is 1. The smallest absolute Gasteiger partial charge is 0.326 e. The molecule has 0 spiro atoms. The van der Waals surface area contributed by atoms with Crippen molar-refractivity contribution >= 4 is 52.0 Å². The molecule has 0 aliphatic heterocycles. The van der Waals surface area contributed by atoms with Gasteiger partial charge in [0.2, 0.25) is 5.91 Å². The van der Waals surface area contributed by atoms with Gasteiger partial charge in [0.05, 0.1) is 18.1 Å². The third kappa shape index (κ3) is 12.1. The lowest BCUT2D eigenvalue weighted by molar-refractivity contribution is -0.140. The van der Waals surface area contributed by atoms with E-state index < -0.39 is 49.1 Å². The molecule has 18 heteroatoms. The number of alkyl halides is 1. The number of carbonyl (C=O) groups is 5. The number of carboxylic acid groups (broad SMARTS) is 3. The SMILES string of the molecule is O=C(O)CC[C@H](NC(=O)N[C@@H](CCCCNc1nc(-c2cccc(NC(=O)Cn3cc(CCCF)nn3)c2)cs1)C(=O)O)C(=O)O. The van der Waals surface area contributed by atoms with Crippen LogP contribution in [0.5, 0.6) is 0 Å². The van der Waals surface area contributed by atoms with Crippen LogP contribution >= 0.6 is 11.3 Å². The fraction of sp³-hybridized carbons (Fsp3) is 0.429. The van der Waals surface area contributed by atoms with E-state index in [1.165, 1.54) is 16.0 Å². The molecule has 0 unspecified atom stereocenters. The molecule has 0 aliphatic carbocycles. The van der Waals surface area contributed by atoms with E-state index in [1.54, 1.807) is 24.4 Å². The lowest BCUT2D eigenvalue weighted by Crippen LogP contribution is -2.51. The van der Waals surface area contributed by atoms with Crippen LogP contribution in [-0.2, 0) is 32.1 Å². The molecule has 16 nitrogen and oxygen atoms in total. The van der Waals surface area contributed by atoms with Gasteiger partial charge < -0.3 is 36.6 Å². The number of rotatable bonds is 20. The van der Waals surface area contributed by atoms with Crippen molar-refractivity contribution in [3.63, 3.8) is 0 Å². The van der Waals surface area contributed by atoms with Crippen molar-refractivity contribution in [1.29, 1.82) is 0 Å². The van der Waals surface area contributed by atoms with Crippen molar-refractivity contribution in [1.82, 2.24) is 30.6 Å². The van der Waals surface area contributed by atoms with E-state index >= 15 is 0 Å². The number of unbranched alkanes of at least 4 members (excludes halogenated alkanes) is 1. The van der Waals surface area contributed by atoms with Crippen molar-refractivity contribution in [2.75, 3.05) is 23.9 Å². The van der Waals surface area contributed by atoms with Gasteiger partial charge in [0.15, 0.2) is 5.13 Å². The average Bonchev–Trinajstić information content (AvgIpc) is 3.66. The molecule has 0 radical (unpaired) electrons. The number of hydrogen-bond acceptors (Lipinski definition) is 10. The van der Waals surface area contributed by atoms with Crippen molar-refractivity contribution in [2.45, 2.75) is 63.6 Å². The quantitative estimate of drug-likeness (QED) is 0.0865. The highest BCUT2D eigenvalue weighted by Crippen LogP contribution is 2.27. The van der Waals surface area contributed by atoms with E-state index in [0.717, 1.165) is 5.56 Å². The summed E-state index contributed by atoms with van der Waals surface area (Å²) >= 11 is 1.37. The highest BCUT2D eigenvalue weighted by Gasteiger charge is 2.24. The van der Waals surface area contributed by atoms with Gasteiger partial charge in [-0.1, -0.05) is 17.3 Å². The topological polar surface area (TPSA) is 238 Å². The molecular weight excluding hydrogens is 627 g/mol. The molecule has 46 heavy (non-hydrogen) atoms. The summed E-state index contributed by atoms with van der Waals surface area (Å²) in [6, 6.07) is 3.40. The molecule has 248 valence electrons. The lowest BCUT2D eigenvalue weighted by Gasteiger charge is -2.18. The summed E-state index contributed by atoms with van der Waals surface area (Å²) in [6.45, 7) is -0.0268. The number of halogens is 1. The fourth-order valence-corrected chi connectivity index (χ4v) is 4.93. The van der Waals surface area contributed by atoms with E-state index in [1.807, 2.05) is 11.4 Å². The van der Waals surface area contributed by atoms with Crippen molar-refractivity contribution in [2.24, 2.45) is 0 Å². The van der Waals surface area contributed by atoms with Gasteiger partial charge in [-0.05, 0) is 50.7 Å². The molecule has 0 saturated carbocycles. The minimum atomic E-state index is -1.47. The maximum Gasteiger partial charge on any atom is 0.326 e. The van der Waals surface area contributed by atoms with Crippen LogP contribution in [0, 0.1) is 0 Å². The van der Waals surface area contributed by atoms with E-state index in [9.17, 15) is 33.5 Å². The monoisotopic (exact) mass is 662 g/mol. The molecule has 3 rings (SSSR count). The Kier molecular flexibility index (Phi) is 13.8. The third-order valence-corrected chi connectivity index (χ3v) is 7.25. The average molecular weight is 663 g/mol. The van der Waals surface area contributed by atoms with Gasteiger partial charge in [-0.2, -0.15) is 0 Å². The molecule has 3 aromatic rings. The van der Waals surface area contributed by atoms with Crippen LogP contribution in [0.1, 0.15) is 44.2 Å². The lowest BCUT2D eigenvalue weighted by atomic mass is 10.1. The van der Waals surface area contributed by atoms with Crippen molar-refractivity contribution in [3.8, 4) is 11.3 Å². The van der Waals surface area contributed by atoms with E-state index in [0.29, 0.717) is 54.4 Å². The molecule has 2 heterocycles. The molecule has 0 saturated heterocycles. The van der Waals surface area contributed by atoms with Crippen LogP contribution in [0.25, 0.3) is 11.3 Å². The van der Waals surface area contributed by atoms with E-state index in [2.05, 4.69) is 36.6 Å². The first kappa shape index (κ1) is 35.4. The van der Waals surface area contributed by atoms with Gasteiger partial charge in [0, 0.05) is 35.8 Å². The molecule has 2 aromatic heterocycles. The molecule has 1 aromatic carbocycles. The number of carboxylic acids is 3. The summed E-state index contributed by atoms with van der Waals surface area (Å²) in [5.74, 6) is -4.25. The minimum Gasteiger partial charge on any atom is -0.481 e. The van der Waals surface area contributed by atoms with E-state index in [4.69, 9.17) is 10.2 Å². The van der Waals surface area contributed by atoms with Crippen LogP contribution in [0.3, 0.4) is 0 Å². The number of anilines is 2. The Hall–Kier alpha value is -5.13. The molecule has 0 aliphatic rings. The number of benzene rings is 1. The molecular formula is C28H35FN8O8S. The Labute approximate surface area is 266 Å². The second-order valence-electron chi connectivity index (χ2n) is 10.1. The Bertz CT molecular complexity index is 1500. The number of aryl methyl sites for hydroxylation is 1. The second-order valence-corrected chi connectivity index (χ2v) is 11.0. The maximum absolute atomic E-state index is 12.5. The molecule has 0 fully saturated rings. The summed E-state index contributed by atoms with van der Waals surface area (Å²) in [7, 11) is 0. The van der Waals surface area contributed by atoms with E-state index in [-0.39, 0.29) is 25.3 Å². The molecule has 7 N–H and O–H groups in total. The highest BCUT2D eigenvalue weighted by atomic mass is 32.1. The zero-order chi connectivity index (χ0) is 33.5. The normalized spacial score (nSPS) is 12.1. The van der Waals surface area contributed by atoms with Crippen molar-refractivity contribution in [3.05, 3.63) is 41.5 Å². The molecule has 0 bridgehead atoms. The number of carbonyl (C=O) groups excluding carboxylic acids is 2. The van der Waals surface area contributed by atoms with Gasteiger partial charge in [-0.3, -0.25) is 14.0 Å². The fourth-order valence-electron chi connectivity index (χ4n) is 4.18. The number of nitrogens with zero attached hydrogens (tertiary/aromatic N) is 4. The van der Waals surface area contributed by atoms with Crippen molar-refractivity contribution < 1.29 is 43.7 Å². The van der Waals surface area contributed by atoms with Gasteiger partial charge >= 0.3 is 23.9 Å². The van der Waals surface area contributed by atoms with Gasteiger partial charge in [-0.15, -0.1) is 16.4 Å². The summed E-state index contributed by atoms with van der Waals surface area (Å²) in [4.78, 5) is 62.7. The van der Waals surface area contributed by atoms with Crippen LogP contribution < -0.4 is 21.3 Å². The number of thiazole rings is 1. The van der Waals surface area contributed by atoms with Gasteiger partial charge in [-0.25, -0.2) is 24.0 Å². The first-order valence-electron chi connectivity index (χ1n) is 14.3. The predicted molar refractivity (Wildman–Crippen MR) is 164 cm³/mol. The number of aromatic nitrogens is 4. The van der Waals surface area contributed by atoms with Gasteiger partial charge in [0.1, 0.15) is 18.6 Å². The molecule has 2 atom stereocenters. The number of nitrogens with one attached hydrogen (secondary N) is 4. The zero-order valence-electron chi connectivity index (χ0n) is 24.6. The predicted octanol–water partition coefficient (Wildman–Crippen LogP) is 2.59. The number of amides is 3. The Morgan fingerprint density at radius 2 is 1.72 bits per heavy atom. The second kappa shape index (κ2) is 18.0. The zero-order valence-corrected chi connectivity index (χ0v) is 25.5. The maximum atomic E-state index is 12.5. The summed E-state index contributed by atoms with van der Waals surface area (Å²) < 4.78 is 13.7. The standard InChI is InChI=1S/C28H35FN8O8S/c29-11-4-7-19-14-37(36-35-19)15-23(38)31-18-6-3-5-17(13-18)22-16-46-28(34-22)30-12-2-1-8-20(25(41)42)32-27(45)33-21(26(43)44)9-10-24(39)40/h3,5-6,13-14,16,20-21H,1-2,4,7-12,15H2,(H,30,34)(H,31,38)(H,39,40)(H,41,42)(H,43,44)(H2,32,33,45)/t20-,21-/m0/s1. The summed E-state index contributed by atoms with van der Waals surface area (Å²) in [5.41, 5.74) is 2.64. The Morgan fingerprint density at radius 3 is 2.41 bits per heavy atom.